The van der Waals surface area contributed by atoms with E-state index in [-0.39, 0.29) is 23.7 Å². The first-order valence-corrected chi connectivity index (χ1v) is 13.2. The normalized spacial score (nSPS) is 27.0. The highest BCUT2D eigenvalue weighted by Gasteiger charge is 2.33. The standard InChI is InChI=1S/C23H29ClFN3O3S/c1-32(30,31)27-21-11-15(4-5-16-3-2-9-26-23(16)21)13-28-10-8-19(22(29)14-28)18-7-6-17(25)12-20(18)24/h2-3,6-7,9,12,15,19,21-22,27,29H,4-5,8,10-11,13-14H2,1H3/t15-,19-,21+,22+/m1/s1. The molecule has 1 aliphatic heterocycles. The van der Waals surface area contributed by atoms with Gasteiger partial charge in [-0.2, -0.15) is 0 Å². The molecule has 6 nitrogen and oxygen atoms in total. The van der Waals surface area contributed by atoms with Crippen molar-refractivity contribution in [2.45, 2.75) is 43.7 Å². The molecule has 2 N–H and O–H groups in total. The number of nitrogens with one attached hydrogen (secondary N) is 1. The van der Waals surface area contributed by atoms with Crippen LogP contribution in [0.2, 0.25) is 5.02 Å². The largest absolute Gasteiger partial charge is 0.391 e. The number of aliphatic hydroxyl groups is 1. The smallest absolute Gasteiger partial charge is 0.209 e. The van der Waals surface area contributed by atoms with Crippen LogP contribution in [0, 0.1) is 11.7 Å². The van der Waals surface area contributed by atoms with Gasteiger partial charge in [-0.3, -0.25) is 4.98 Å². The van der Waals surface area contributed by atoms with Crippen LogP contribution in [0.4, 0.5) is 4.39 Å². The summed E-state index contributed by atoms with van der Waals surface area (Å²) in [6, 6.07) is 7.89. The third-order valence-electron chi connectivity index (χ3n) is 6.55. The number of likely N-dealkylation sites (tertiary alicyclic amines) is 1. The molecule has 174 valence electrons. The van der Waals surface area contributed by atoms with Gasteiger partial charge in [0, 0.05) is 30.2 Å². The first-order chi connectivity index (χ1) is 15.2. The van der Waals surface area contributed by atoms with Crippen molar-refractivity contribution in [2.24, 2.45) is 5.92 Å². The predicted molar refractivity (Wildman–Crippen MR) is 123 cm³/mol. The maximum absolute atomic E-state index is 13.4. The Balaban J connectivity index is 1.43. The van der Waals surface area contributed by atoms with E-state index >= 15 is 0 Å². The van der Waals surface area contributed by atoms with Gasteiger partial charge in [-0.1, -0.05) is 23.7 Å². The van der Waals surface area contributed by atoms with Crippen molar-refractivity contribution < 1.29 is 17.9 Å². The number of pyridine rings is 1. The number of rotatable bonds is 5. The summed E-state index contributed by atoms with van der Waals surface area (Å²) < 4.78 is 40.1. The van der Waals surface area contributed by atoms with Crippen molar-refractivity contribution in [3.8, 4) is 0 Å². The quantitative estimate of drug-likeness (QED) is 0.640. The minimum atomic E-state index is -3.38. The minimum absolute atomic E-state index is 0.124. The van der Waals surface area contributed by atoms with Crippen LogP contribution >= 0.6 is 11.6 Å². The second-order valence-electron chi connectivity index (χ2n) is 9.02. The summed E-state index contributed by atoms with van der Waals surface area (Å²) in [5.41, 5.74) is 2.68. The van der Waals surface area contributed by atoms with E-state index in [1.807, 2.05) is 12.1 Å². The van der Waals surface area contributed by atoms with Crippen molar-refractivity contribution in [1.82, 2.24) is 14.6 Å². The molecule has 1 aromatic carbocycles. The average molecular weight is 482 g/mol. The fraction of sp³-hybridized carbons (Fsp3) is 0.522. The zero-order chi connectivity index (χ0) is 22.9. The molecule has 9 heteroatoms. The van der Waals surface area contributed by atoms with Crippen molar-refractivity contribution in [3.63, 3.8) is 0 Å². The third kappa shape index (κ3) is 5.66. The number of aryl methyl sites for hydroxylation is 1. The Labute approximate surface area is 193 Å². The second kappa shape index (κ2) is 9.73. The molecule has 32 heavy (non-hydrogen) atoms. The molecule has 0 saturated carbocycles. The third-order valence-corrected chi connectivity index (χ3v) is 7.59. The first kappa shape index (κ1) is 23.6. The fourth-order valence-corrected chi connectivity index (χ4v) is 6.15. The van der Waals surface area contributed by atoms with E-state index in [1.165, 1.54) is 18.4 Å². The lowest BCUT2D eigenvalue weighted by atomic mass is 9.86. The molecular formula is C23H29ClFN3O3S. The summed E-state index contributed by atoms with van der Waals surface area (Å²) >= 11 is 6.22. The van der Waals surface area contributed by atoms with E-state index in [9.17, 15) is 17.9 Å². The number of piperidine rings is 1. The highest BCUT2D eigenvalue weighted by atomic mass is 35.5. The zero-order valence-electron chi connectivity index (χ0n) is 18.0. The minimum Gasteiger partial charge on any atom is -0.391 e. The molecule has 0 radical (unpaired) electrons. The SMILES string of the molecule is CS(=O)(=O)N[C@H]1C[C@H](CN2CC[C@H](c3ccc(F)cc3Cl)[C@@H](O)C2)CCc2cccnc21. The number of hydrogen-bond donors (Lipinski definition) is 2. The van der Waals surface area contributed by atoms with Gasteiger partial charge in [0.25, 0.3) is 0 Å². The molecule has 4 atom stereocenters. The number of benzene rings is 1. The maximum Gasteiger partial charge on any atom is 0.209 e. The molecule has 1 saturated heterocycles. The summed E-state index contributed by atoms with van der Waals surface area (Å²) in [6.07, 6.45) is 5.46. The summed E-state index contributed by atoms with van der Waals surface area (Å²) in [5.74, 6) is -0.241. The maximum atomic E-state index is 13.4. The lowest BCUT2D eigenvalue weighted by Gasteiger charge is -2.38. The Kier molecular flexibility index (Phi) is 7.17. The van der Waals surface area contributed by atoms with Crippen molar-refractivity contribution in [2.75, 3.05) is 25.9 Å². The van der Waals surface area contributed by atoms with Gasteiger partial charge in [0.05, 0.1) is 24.1 Å². The molecule has 2 heterocycles. The van der Waals surface area contributed by atoms with Crippen LogP contribution < -0.4 is 4.72 Å². The first-order valence-electron chi connectivity index (χ1n) is 11.0. The van der Waals surface area contributed by atoms with Gasteiger partial charge in [-0.05, 0) is 67.5 Å². The Morgan fingerprint density at radius 3 is 2.84 bits per heavy atom. The lowest BCUT2D eigenvalue weighted by Crippen LogP contribution is -2.45. The van der Waals surface area contributed by atoms with Crippen molar-refractivity contribution in [1.29, 1.82) is 0 Å². The molecule has 0 amide bonds. The molecule has 2 aliphatic rings. The molecule has 0 spiro atoms. The molecule has 1 fully saturated rings. The van der Waals surface area contributed by atoms with Crippen molar-refractivity contribution >= 4 is 21.6 Å². The topological polar surface area (TPSA) is 82.5 Å². The fourth-order valence-electron chi connectivity index (χ4n) is 5.12. The molecule has 4 rings (SSSR count). The summed E-state index contributed by atoms with van der Waals surface area (Å²) in [5, 5.41) is 11.2. The second-order valence-corrected chi connectivity index (χ2v) is 11.2. The van der Waals surface area contributed by atoms with E-state index in [2.05, 4.69) is 14.6 Å². The number of aromatic nitrogens is 1. The predicted octanol–water partition coefficient (Wildman–Crippen LogP) is 3.27. The highest BCUT2D eigenvalue weighted by molar-refractivity contribution is 7.88. The lowest BCUT2D eigenvalue weighted by molar-refractivity contribution is 0.0420. The van der Waals surface area contributed by atoms with Gasteiger partial charge in [0.1, 0.15) is 5.82 Å². The van der Waals surface area contributed by atoms with Crippen LogP contribution in [-0.4, -0.2) is 55.4 Å². The highest BCUT2D eigenvalue weighted by Crippen LogP contribution is 2.36. The van der Waals surface area contributed by atoms with Gasteiger partial charge in [-0.15, -0.1) is 0 Å². The Morgan fingerprint density at radius 1 is 1.31 bits per heavy atom. The molecular weight excluding hydrogens is 453 g/mol. The number of halogens is 2. The van der Waals surface area contributed by atoms with E-state index in [0.717, 1.165) is 49.2 Å². The number of aliphatic hydroxyl groups excluding tert-OH is 1. The van der Waals surface area contributed by atoms with Crippen LogP contribution in [-0.2, 0) is 16.4 Å². The van der Waals surface area contributed by atoms with Crippen LogP contribution in [0.1, 0.15) is 48.0 Å². The van der Waals surface area contributed by atoms with E-state index in [4.69, 9.17) is 11.6 Å². The Bertz CT molecular complexity index is 1070. The molecule has 1 aromatic heterocycles. The summed E-state index contributed by atoms with van der Waals surface area (Å²) in [4.78, 5) is 6.72. The van der Waals surface area contributed by atoms with Gasteiger partial charge < -0.3 is 10.0 Å². The Morgan fingerprint density at radius 2 is 2.12 bits per heavy atom. The monoisotopic (exact) mass is 481 g/mol. The van der Waals surface area contributed by atoms with Gasteiger partial charge in [0.2, 0.25) is 10.0 Å². The molecule has 0 unspecified atom stereocenters. The van der Waals surface area contributed by atoms with Crippen LogP contribution in [0.3, 0.4) is 0 Å². The number of sulfonamides is 1. The van der Waals surface area contributed by atoms with E-state index in [0.29, 0.717) is 18.0 Å². The van der Waals surface area contributed by atoms with Gasteiger partial charge >= 0.3 is 0 Å². The van der Waals surface area contributed by atoms with E-state index < -0.39 is 16.1 Å². The zero-order valence-corrected chi connectivity index (χ0v) is 19.6. The van der Waals surface area contributed by atoms with Gasteiger partial charge in [-0.25, -0.2) is 17.5 Å². The number of fused-ring (bicyclic) bond motifs is 1. The molecule has 0 bridgehead atoms. The van der Waals surface area contributed by atoms with Crippen molar-refractivity contribution in [3.05, 3.63) is 64.2 Å². The van der Waals surface area contributed by atoms with Crippen LogP contribution in [0.5, 0.6) is 0 Å². The number of nitrogens with zero attached hydrogens (tertiary/aromatic N) is 2. The molecule has 2 aromatic rings. The van der Waals surface area contributed by atoms with Crippen LogP contribution in [0.25, 0.3) is 0 Å². The molecule has 1 aliphatic carbocycles. The van der Waals surface area contributed by atoms with E-state index in [1.54, 1.807) is 12.3 Å². The van der Waals surface area contributed by atoms with Crippen LogP contribution in [0.15, 0.2) is 36.5 Å². The average Bonchev–Trinajstić information content (AvgIpc) is 2.87. The summed E-state index contributed by atoms with van der Waals surface area (Å²) in [6.45, 7) is 2.07. The number of hydrogen-bond acceptors (Lipinski definition) is 5. The number of β-amino-alcohol motifs (C(OH)–C–C–N with tert-alkyl or cyclic N) is 1. The summed E-state index contributed by atoms with van der Waals surface area (Å²) in [7, 11) is -3.38. The Hall–Kier alpha value is -1.58. The van der Waals surface area contributed by atoms with Gasteiger partial charge in [0.15, 0.2) is 0 Å².